The van der Waals surface area contributed by atoms with Crippen LogP contribution < -0.4 is 0 Å². The van der Waals surface area contributed by atoms with Crippen molar-refractivity contribution in [3.8, 4) is 0 Å². The molecule has 0 rings (SSSR count). The van der Waals surface area contributed by atoms with Crippen LogP contribution in [0.15, 0.2) is 0 Å². The molecule has 13 heavy (non-hydrogen) atoms. The van der Waals surface area contributed by atoms with Gasteiger partial charge in [-0.2, -0.15) is 11.8 Å². The fourth-order valence-electron chi connectivity index (χ4n) is 0.496. The van der Waals surface area contributed by atoms with E-state index in [1.165, 1.54) is 11.5 Å². The van der Waals surface area contributed by atoms with E-state index in [1.807, 2.05) is 39.5 Å². The van der Waals surface area contributed by atoms with Crippen molar-refractivity contribution in [1.82, 2.24) is 0 Å². The highest BCUT2D eigenvalue weighted by Gasteiger charge is 2.04. The van der Waals surface area contributed by atoms with Crippen molar-refractivity contribution in [2.45, 2.75) is 55.4 Å². The molecule has 1 heteroatoms. The van der Waals surface area contributed by atoms with E-state index in [9.17, 15) is 0 Å². The lowest BCUT2D eigenvalue weighted by Crippen LogP contribution is -2.06. The first-order chi connectivity index (χ1) is 6.18. The summed E-state index contributed by atoms with van der Waals surface area (Å²) in [6.07, 6.45) is 0. The molecule has 0 saturated carbocycles. The van der Waals surface area contributed by atoms with Gasteiger partial charge in [0.05, 0.1) is 0 Å². The molecule has 84 valence electrons. The predicted octanol–water partition coefficient (Wildman–Crippen LogP) is 5.08. The molecule has 0 bridgehead atoms. The van der Waals surface area contributed by atoms with Crippen molar-refractivity contribution in [2.24, 2.45) is 11.8 Å². The summed E-state index contributed by atoms with van der Waals surface area (Å²) in [5.41, 5.74) is 0. The third-order valence-corrected chi connectivity index (χ3v) is 2.89. The van der Waals surface area contributed by atoms with Gasteiger partial charge in [-0.1, -0.05) is 55.4 Å². The van der Waals surface area contributed by atoms with E-state index < -0.39 is 0 Å². The Morgan fingerprint density at radius 3 is 1.54 bits per heavy atom. The topological polar surface area (TPSA) is 0 Å². The Balaban J connectivity index is -0.000000218. The van der Waals surface area contributed by atoms with E-state index in [-0.39, 0.29) is 0 Å². The van der Waals surface area contributed by atoms with E-state index in [0.717, 1.165) is 11.8 Å². The Bertz CT molecular complexity index is 60.1. The molecule has 0 aromatic rings. The largest absolute Gasteiger partial charge is 0.162 e. The third-order valence-electron chi connectivity index (χ3n) is 1.72. The second-order valence-corrected chi connectivity index (χ2v) is 4.20. The van der Waals surface area contributed by atoms with Crippen LogP contribution in [0.1, 0.15) is 55.4 Å². The van der Waals surface area contributed by atoms with Crippen molar-refractivity contribution in [3.63, 3.8) is 0 Å². The van der Waals surface area contributed by atoms with Gasteiger partial charge in [0.25, 0.3) is 0 Å². The van der Waals surface area contributed by atoms with E-state index in [2.05, 4.69) is 27.7 Å². The first-order valence-corrected chi connectivity index (χ1v) is 6.91. The van der Waals surface area contributed by atoms with Gasteiger partial charge < -0.3 is 0 Å². The maximum Gasteiger partial charge on any atom is -0.00394 e. The molecule has 0 N–H and O–H groups in total. The van der Waals surface area contributed by atoms with Gasteiger partial charge >= 0.3 is 0 Å². The van der Waals surface area contributed by atoms with Gasteiger partial charge in [0.1, 0.15) is 0 Å². The Morgan fingerprint density at radius 1 is 0.923 bits per heavy atom. The average molecular weight is 206 g/mol. The molecule has 0 heterocycles. The highest BCUT2D eigenvalue weighted by molar-refractivity contribution is 7.99. The van der Waals surface area contributed by atoms with Crippen molar-refractivity contribution in [2.75, 3.05) is 11.5 Å². The predicted molar refractivity (Wildman–Crippen MR) is 69.7 cm³/mol. The van der Waals surface area contributed by atoms with Gasteiger partial charge in [-0.25, -0.2) is 0 Å². The minimum Gasteiger partial charge on any atom is -0.162 e. The summed E-state index contributed by atoms with van der Waals surface area (Å²) < 4.78 is 0. The minimum absolute atomic E-state index is 0.851. The first kappa shape index (κ1) is 19.0. The van der Waals surface area contributed by atoms with Crippen LogP contribution in [-0.4, -0.2) is 11.5 Å². The van der Waals surface area contributed by atoms with E-state index in [4.69, 9.17) is 0 Å². The van der Waals surface area contributed by atoms with Gasteiger partial charge in [0.15, 0.2) is 0 Å². The van der Waals surface area contributed by atoms with Gasteiger partial charge in [-0.15, -0.1) is 0 Å². The Kier molecular flexibility index (Phi) is 26.6. The molecule has 0 aromatic heterocycles. The standard InChI is InChI=1S/C8H18S.2C2H6/c1-5-9-6-8(4)7(2)3;2*1-2/h7-8H,5-6H2,1-4H3;2*1-2H3. The quantitative estimate of drug-likeness (QED) is 0.618. The molecule has 0 spiro atoms. The SMILES string of the molecule is CC.CC.CCSCC(C)C(C)C. The Hall–Kier alpha value is 0.350. The minimum atomic E-state index is 0.851. The smallest absolute Gasteiger partial charge is 0.00394 e. The van der Waals surface area contributed by atoms with Gasteiger partial charge in [-0.3, -0.25) is 0 Å². The summed E-state index contributed by atoms with van der Waals surface area (Å²) in [4.78, 5) is 0. The van der Waals surface area contributed by atoms with Crippen molar-refractivity contribution < 1.29 is 0 Å². The molecule has 0 radical (unpaired) electrons. The summed E-state index contributed by atoms with van der Waals surface area (Å²) in [6.45, 7) is 17.1. The second kappa shape index (κ2) is 18.2. The lowest BCUT2D eigenvalue weighted by atomic mass is 10.0. The first-order valence-electron chi connectivity index (χ1n) is 5.76. The molecule has 1 unspecified atom stereocenters. The Labute approximate surface area is 90.9 Å². The van der Waals surface area contributed by atoms with Crippen LogP contribution in [0, 0.1) is 11.8 Å². The number of hydrogen-bond acceptors (Lipinski definition) is 1. The summed E-state index contributed by atoms with van der Waals surface area (Å²) >= 11 is 2.04. The maximum absolute atomic E-state index is 2.33. The van der Waals surface area contributed by atoms with E-state index in [1.54, 1.807) is 0 Å². The molecule has 0 aliphatic heterocycles. The van der Waals surface area contributed by atoms with Crippen LogP contribution in [-0.2, 0) is 0 Å². The fourth-order valence-corrected chi connectivity index (χ4v) is 1.49. The maximum atomic E-state index is 2.33. The number of thioether (sulfide) groups is 1. The third kappa shape index (κ3) is 19.0. The molecule has 0 amide bonds. The number of rotatable bonds is 4. The zero-order valence-electron chi connectivity index (χ0n) is 11.0. The van der Waals surface area contributed by atoms with Crippen LogP contribution in [0.2, 0.25) is 0 Å². The van der Waals surface area contributed by atoms with Crippen molar-refractivity contribution >= 4 is 11.8 Å². The van der Waals surface area contributed by atoms with Crippen LogP contribution in [0.25, 0.3) is 0 Å². The van der Waals surface area contributed by atoms with E-state index in [0.29, 0.717) is 0 Å². The summed E-state index contributed by atoms with van der Waals surface area (Å²) in [5, 5.41) is 0. The highest BCUT2D eigenvalue weighted by Crippen LogP contribution is 2.15. The zero-order chi connectivity index (χ0) is 11.3. The fraction of sp³-hybridized carbons (Fsp3) is 1.00. The summed E-state index contributed by atoms with van der Waals surface area (Å²) in [6, 6.07) is 0. The van der Waals surface area contributed by atoms with Gasteiger partial charge in [-0.05, 0) is 23.3 Å². The Morgan fingerprint density at radius 2 is 1.31 bits per heavy atom. The summed E-state index contributed by atoms with van der Waals surface area (Å²) in [5.74, 6) is 4.32. The molecular formula is C12H30S. The molecule has 0 nitrogen and oxygen atoms in total. The normalized spacial score (nSPS) is 10.8. The highest BCUT2D eigenvalue weighted by atomic mass is 32.2. The van der Waals surface area contributed by atoms with Crippen LogP contribution in [0.5, 0.6) is 0 Å². The monoisotopic (exact) mass is 206 g/mol. The number of hydrogen-bond donors (Lipinski definition) is 0. The average Bonchev–Trinajstić information content (AvgIpc) is 2.20. The molecule has 0 fully saturated rings. The second-order valence-electron chi connectivity index (χ2n) is 2.88. The lowest BCUT2D eigenvalue weighted by Gasteiger charge is -2.13. The lowest BCUT2D eigenvalue weighted by molar-refractivity contribution is 0.465. The molecule has 0 aliphatic rings. The van der Waals surface area contributed by atoms with Gasteiger partial charge in [0, 0.05) is 0 Å². The van der Waals surface area contributed by atoms with E-state index >= 15 is 0 Å². The van der Waals surface area contributed by atoms with Crippen LogP contribution >= 0.6 is 11.8 Å². The molecular weight excluding hydrogens is 176 g/mol. The summed E-state index contributed by atoms with van der Waals surface area (Å²) in [7, 11) is 0. The zero-order valence-corrected chi connectivity index (χ0v) is 11.8. The van der Waals surface area contributed by atoms with Crippen molar-refractivity contribution in [3.05, 3.63) is 0 Å². The molecule has 0 aromatic carbocycles. The molecule has 1 atom stereocenters. The molecule has 0 aliphatic carbocycles. The molecule has 0 saturated heterocycles. The van der Waals surface area contributed by atoms with Crippen LogP contribution in [0.4, 0.5) is 0 Å². The van der Waals surface area contributed by atoms with Crippen molar-refractivity contribution in [1.29, 1.82) is 0 Å². The van der Waals surface area contributed by atoms with Crippen LogP contribution in [0.3, 0.4) is 0 Å². The van der Waals surface area contributed by atoms with Gasteiger partial charge in [0.2, 0.25) is 0 Å².